The minimum Gasteiger partial charge on any atom is -0.462 e. The molecular weight excluding hydrogens is 192 g/mol. The number of nitrogens with zero attached hydrogens (tertiary/aromatic N) is 1. The maximum atomic E-state index is 11.7. The van der Waals surface area contributed by atoms with Crippen molar-refractivity contribution in [3.63, 3.8) is 0 Å². The van der Waals surface area contributed by atoms with Crippen LogP contribution < -0.4 is 5.73 Å². The van der Waals surface area contributed by atoms with Crippen LogP contribution in [-0.2, 0) is 9.53 Å². The largest absolute Gasteiger partial charge is 0.462 e. The minimum atomic E-state index is -0.552. The summed E-state index contributed by atoms with van der Waals surface area (Å²) in [4.78, 5) is 14.0. The molecule has 1 rings (SSSR count). The Kier molecular flexibility index (Phi) is 4.11. The summed E-state index contributed by atoms with van der Waals surface area (Å²) in [5.74, 6) is -0.167. The zero-order valence-corrected chi connectivity index (χ0v) is 9.95. The molecule has 0 unspecified atom stereocenters. The van der Waals surface area contributed by atoms with Gasteiger partial charge in [0, 0.05) is 19.6 Å². The average Bonchev–Trinajstić information content (AvgIpc) is 2.21. The molecule has 0 aliphatic carbocycles. The van der Waals surface area contributed by atoms with E-state index < -0.39 is 5.41 Å². The Morgan fingerprint density at radius 1 is 1.47 bits per heavy atom. The number of nitrogens with two attached hydrogens (primary N) is 1. The van der Waals surface area contributed by atoms with Crippen molar-refractivity contribution in [3.8, 4) is 0 Å². The van der Waals surface area contributed by atoms with Gasteiger partial charge in [0.1, 0.15) is 6.10 Å². The summed E-state index contributed by atoms with van der Waals surface area (Å²) in [6.07, 6.45) is 1.95. The molecule has 4 heteroatoms. The lowest BCUT2D eigenvalue weighted by Crippen LogP contribution is -2.40. The molecule has 1 aliphatic rings. The third-order valence-corrected chi connectivity index (χ3v) is 3.00. The Morgan fingerprint density at radius 2 is 2.00 bits per heavy atom. The average molecular weight is 214 g/mol. The second kappa shape index (κ2) is 4.94. The fraction of sp³-hybridized carbons (Fsp3) is 0.909. The van der Waals surface area contributed by atoms with E-state index in [1.54, 1.807) is 0 Å². The van der Waals surface area contributed by atoms with E-state index in [9.17, 15) is 4.79 Å². The number of ether oxygens (including phenoxy) is 1. The number of carbonyl (C=O) groups excluding carboxylic acids is 1. The fourth-order valence-corrected chi connectivity index (χ4v) is 1.50. The van der Waals surface area contributed by atoms with Gasteiger partial charge < -0.3 is 15.4 Å². The van der Waals surface area contributed by atoms with Crippen molar-refractivity contribution in [2.45, 2.75) is 32.8 Å². The highest BCUT2D eigenvalue weighted by Gasteiger charge is 2.30. The van der Waals surface area contributed by atoms with Crippen LogP contribution in [0.4, 0.5) is 0 Å². The van der Waals surface area contributed by atoms with Crippen molar-refractivity contribution < 1.29 is 9.53 Å². The minimum absolute atomic E-state index is 0.0829. The fourth-order valence-electron chi connectivity index (χ4n) is 1.50. The van der Waals surface area contributed by atoms with Crippen LogP contribution in [0.1, 0.15) is 26.7 Å². The predicted molar refractivity (Wildman–Crippen MR) is 59.4 cm³/mol. The van der Waals surface area contributed by atoms with E-state index in [-0.39, 0.29) is 12.1 Å². The van der Waals surface area contributed by atoms with E-state index in [0.29, 0.717) is 6.54 Å². The van der Waals surface area contributed by atoms with Crippen molar-refractivity contribution >= 4 is 5.97 Å². The summed E-state index contributed by atoms with van der Waals surface area (Å²) in [6, 6.07) is 0. The summed E-state index contributed by atoms with van der Waals surface area (Å²) in [5, 5.41) is 0. The van der Waals surface area contributed by atoms with Crippen LogP contribution in [0.3, 0.4) is 0 Å². The zero-order chi connectivity index (χ0) is 11.5. The molecule has 1 aliphatic heterocycles. The predicted octanol–water partition coefficient (Wildman–Crippen LogP) is 0.609. The molecule has 1 heterocycles. The molecule has 4 nitrogen and oxygen atoms in total. The lowest BCUT2D eigenvalue weighted by molar-refractivity contribution is -0.161. The van der Waals surface area contributed by atoms with Crippen LogP contribution in [0.5, 0.6) is 0 Å². The van der Waals surface area contributed by atoms with Gasteiger partial charge in [-0.05, 0) is 33.7 Å². The van der Waals surface area contributed by atoms with Crippen LogP contribution in [0.2, 0.25) is 0 Å². The van der Waals surface area contributed by atoms with Crippen LogP contribution in [-0.4, -0.2) is 43.7 Å². The van der Waals surface area contributed by atoms with Crippen LogP contribution >= 0.6 is 0 Å². The van der Waals surface area contributed by atoms with Crippen molar-refractivity contribution in [3.05, 3.63) is 0 Å². The monoisotopic (exact) mass is 214 g/mol. The molecule has 0 bridgehead atoms. The second-order valence-corrected chi connectivity index (χ2v) is 5.00. The zero-order valence-electron chi connectivity index (χ0n) is 9.95. The van der Waals surface area contributed by atoms with Crippen LogP contribution in [0.25, 0.3) is 0 Å². The highest BCUT2D eigenvalue weighted by molar-refractivity contribution is 5.76. The number of carbonyl (C=O) groups is 1. The van der Waals surface area contributed by atoms with Crippen LogP contribution in [0.15, 0.2) is 0 Å². The molecule has 0 saturated carbocycles. The third-order valence-electron chi connectivity index (χ3n) is 3.00. The quantitative estimate of drug-likeness (QED) is 0.699. The maximum Gasteiger partial charge on any atom is 0.313 e. The lowest BCUT2D eigenvalue weighted by Gasteiger charge is -2.31. The van der Waals surface area contributed by atoms with Crippen molar-refractivity contribution in [2.24, 2.45) is 11.1 Å². The first-order chi connectivity index (χ1) is 6.95. The molecule has 0 atom stereocenters. The molecule has 1 saturated heterocycles. The molecule has 88 valence electrons. The molecule has 0 aromatic rings. The smallest absolute Gasteiger partial charge is 0.313 e. The Morgan fingerprint density at radius 3 is 2.47 bits per heavy atom. The molecule has 1 fully saturated rings. The Labute approximate surface area is 91.8 Å². The Hall–Kier alpha value is -0.610. The normalized spacial score (nSPS) is 20.3. The van der Waals surface area contributed by atoms with E-state index in [2.05, 4.69) is 11.9 Å². The highest BCUT2D eigenvalue weighted by Crippen LogP contribution is 2.20. The topological polar surface area (TPSA) is 55.6 Å². The van der Waals surface area contributed by atoms with Crippen molar-refractivity contribution in [1.82, 2.24) is 4.90 Å². The van der Waals surface area contributed by atoms with Gasteiger partial charge >= 0.3 is 5.97 Å². The van der Waals surface area contributed by atoms with Gasteiger partial charge in [-0.25, -0.2) is 0 Å². The third kappa shape index (κ3) is 3.47. The first kappa shape index (κ1) is 12.5. The van der Waals surface area contributed by atoms with Gasteiger partial charge in [-0.1, -0.05) is 0 Å². The van der Waals surface area contributed by atoms with Gasteiger partial charge in [-0.2, -0.15) is 0 Å². The Balaban J connectivity index is 2.39. The highest BCUT2D eigenvalue weighted by atomic mass is 16.5. The molecule has 15 heavy (non-hydrogen) atoms. The van der Waals surface area contributed by atoms with E-state index in [1.165, 1.54) is 0 Å². The summed E-state index contributed by atoms with van der Waals surface area (Å²) >= 11 is 0. The van der Waals surface area contributed by atoms with Gasteiger partial charge in [0.25, 0.3) is 0 Å². The molecule has 2 N–H and O–H groups in total. The Bertz CT molecular complexity index is 221. The van der Waals surface area contributed by atoms with Gasteiger partial charge in [0.15, 0.2) is 0 Å². The lowest BCUT2D eigenvalue weighted by atomic mass is 9.94. The summed E-state index contributed by atoms with van der Waals surface area (Å²) in [5.41, 5.74) is 4.97. The standard InChI is InChI=1S/C11H22N2O2/c1-11(2,8-12)10(14)15-9-4-6-13(3)7-5-9/h9H,4-8,12H2,1-3H3. The van der Waals surface area contributed by atoms with E-state index in [1.807, 2.05) is 13.8 Å². The molecule has 0 spiro atoms. The van der Waals surface area contributed by atoms with Crippen molar-refractivity contribution in [1.29, 1.82) is 0 Å². The van der Waals surface area contributed by atoms with Gasteiger partial charge in [0.2, 0.25) is 0 Å². The number of likely N-dealkylation sites (tertiary alicyclic amines) is 1. The SMILES string of the molecule is CN1CCC(OC(=O)C(C)(C)CN)CC1. The van der Waals surface area contributed by atoms with Gasteiger partial charge in [-0.15, -0.1) is 0 Å². The van der Waals surface area contributed by atoms with Gasteiger partial charge in [0.05, 0.1) is 5.41 Å². The number of rotatable bonds is 3. The molecule has 0 radical (unpaired) electrons. The van der Waals surface area contributed by atoms with E-state index in [0.717, 1.165) is 25.9 Å². The molecular formula is C11H22N2O2. The van der Waals surface area contributed by atoms with Gasteiger partial charge in [-0.3, -0.25) is 4.79 Å². The van der Waals surface area contributed by atoms with Crippen LogP contribution in [0, 0.1) is 5.41 Å². The number of esters is 1. The first-order valence-corrected chi connectivity index (χ1v) is 5.55. The first-order valence-electron chi connectivity index (χ1n) is 5.55. The summed E-state index contributed by atoms with van der Waals surface area (Å²) < 4.78 is 5.45. The number of hydrogen-bond donors (Lipinski definition) is 1. The van der Waals surface area contributed by atoms with E-state index >= 15 is 0 Å². The molecule has 0 amide bonds. The summed E-state index contributed by atoms with van der Waals surface area (Å²) in [7, 11) is 2.09. The second-order valence-electron chi connectivity index (χ2n) is 5.00. The molecule has 0 aromatic carbocycles. The van der Waals surface area contributed by atoms with E-state index in [4.69, 9.17) is 10.5 Å². The number of piperidine rings is 1. The van der Waals surface area contributed by atoms with Crippen molar-refractivity contribution in [2.75, 3.05) is 26.7 Å². The summed E-state index contributed by atoms with van der Waals surface area (Å²) in [6.45, 7) is 5.98. The molecule has 0 aromatic heterocycles. The number of hydrogen-bond acceptors (Lipinski definition) is 4. The maximum absolute atomic E-state index is 11.7.